The van der Waals surface area contributed by atoms with Crippen molar-refractivity contribution in [3.8, 4) is 6.07 Å². The van der Waals surface area contributed by atoms with Crippen molar-refractivity contribution in [3.63, 3.8) is 0 Å². The lowest BCUT2D eigenvalue weighted by Gasteiger charge is -2.61. The molecule has 3 heterocycles. The third kappa shape index (κ3) is 2.76. The van der Waals surface area contributed by atoms with Crippen LogP contribution in [-0.2, 0) is 4.74 Å². The van der Waals surface area contributed by atoms with E-state index in [1.807, 2.05) is 31.4 Å². The summed E-state index contributed by atoms with van der Waals surface area (Å²) in [6.45, 7) is 2.37. The number of ether oxygens (including phenoxy) is 1. The summed E-state index contributed by atoms with van der Waals surface area (Å²) in [5, 5.41) is 35.4. The van der Waals surface area contributed by atoms with Crippen molar-refractivity contribution in [2.24, 2.45) is 16.7 Å². The molecule has 6 heteroatoms. The van der Waals surface area contributed by atoms with Crippen molar-refractivity contribution in [1.29, 1.82) is 5.26 Å². The molecule has 5 aliphatic rings. The van der Waals surface area contributed by atoms with Gasteiger partial charge in [0.15, 0.2) is 0 Å². The van der Waals surface area contributed by atoms with Gasteiger partial charge in [0.2, 0.25) is 0 Å². The van der Waals surface area contributed by atoms with Crippen molar-refractivity contribution in [2.75, 3.05) is 14.1 Å². The zero-order valence-electron chi connectivity index (χ0n) is 21.8. The highest BCUT2D eigenvalue weighted by Crippen LogP contribution is 2.73. The van der Waals surface area contributed by atoms with Crippen LogP contribution < -0.4 is 0 Å². The number of benzene rings is 1. The van der Waals surface area contributed by atoms with Gasteiger partial charge in [-0.3, -0.25) is 4.98 Å². The molecule has 6 nitrogen and oxygen atoms in total. The van der Waals surface area contributed by atoms with Crippen molar-refractivity contribution < 1.29 is 14.9 Å². The zero-order chi connectivity index (χ0) is 25.8. The first-order chi connectivity index (χ1) is 17.7. The van der Waals surface area contributed by atoms with Crippen LogP contribution in [0.1, 0.15) is 51.0 Å². The number of aromatic nitrogens is 1. The molecule has 3 fully saturated rings. The molecule has 0 radical (unpaired) electrons. The molecular formula is C31H35N3O3. The molecular weight excluding hydrogens is 462 g/mol. The van der Waals surface area contributed by atoms with Crippen LogP contribution >= 0.6 is 0 Å². The molecule has 2 spiro atoms. The summed E-state index contributed by atoms with van der Waals surface area (Å²) in [6, 6.07) is 11.1. The number of allylic oxidation sites excluding steroid dienone is 2. The smallest absolute Gasteiger partial charge is 0.105 e. The van der Waals surface area contributed by atoms with Gasteiger partial charge in [-0.2, -0.15) is 5.26 Å². The van der Waals surface area contributed by atoms with Crippen LogP contribution in [0, 0.1) is 28.1 Å². The van der Waals surface area contributed by atoms with Gasteiger partial charge in [0.1, 0.15) is 11.5 Å². The summed E-state index contributed by atoms with van der Waals surface area (Å²) >= 11 is 0. The number of hydrogen-bond donors (Lipinski definition) is 2. The molecule has 1 aromatic carbocycles. The minimum Gasteiger partial charge on any atom is -0.388 e. The average Bonchev–Trinajstić information content (AvgIpc) is 3.42. The number of aliphatic hydroxyl groups excluding tert-OH is 2. The number of nitriles is 1. The van der Waals surface area contributed by atoms with Crippen LogP contribution in [0.2, 0.25) is 0 Å². The number of likely N-dealkylation sites (N-methyl/N-ethyl adjacent to an activating group) is 1. The van der Waals surface area contributed by atoms with E-state index in [1.54, 1.807) is 0 Å². The van der Waals surface area contributed by atoms with Gasteiger partial charge in [-0.05, 0) is 86.2 Å². The molecule has 2 saturated carbocycles. The molecule has 3 aliphatic carbocycles. The Bertz CT molecular complexity index is 1400. The summed E-state index contributed by atoms with van der Waals surface area (Å²) in [4.78, 5) is 6.42. The van der Waals surface area contributed by atoms with E-state index < -0.39 is 28.8 Å². The average molecular weight is 498 g/mol. The van der Waals surface area contributed by atoms with E-state index in [1.165, 1.54) is 21.9 Å². The Kier molecular flexibility index (Phi) is 4.78. The van der Waals surface area contributed by atoms with Gasteiger partial charge in [0.05, 0.1) is 23.4 Å². The molecule has 192 valence electrons. The van der Waals surface area contributed by atoms with Gasteiger partial charge in [0.25, 0.3) is 0 Å². The lowest BCUT2D eigenvalue weighted by Crippen LogP contribution is -2.66. The third-order valence-electron chi connectivity index (χ3n) is 10.9. The first kappa shape index (κ1) is 23.5. The Morgan fingerprint density at radius 2 is 1.97 bits per heavy atom. The van der Waals surface area contributed by atoms with E-state index in [4.69, 9.17) is 4.74 Å². The minimum absolute atomic E-state index is 0.130. The molecule has 2 aliphatic heterocycles. The number of pyridine rings is 1. The highest BCUT2D eigenvalue weighted by atomic mass is 16.5. The van der Waals surface area contributed by atoms with Crippen LogP contribution in [0.15, 0.2) is 54.4 Å². The van der Waals surface area contributed by atoms with Gasteiger partial charge in [0, 0.05) is 29.7 Å². The normalized spacial score (nSPS) is 44.0. The second-order valence-corrected chi connectivity index (χ2v) is 12.6. The van der Waals surface area contributed by atoms with Crippen molar-refractivity contribution in [3.05, 3.63) is 59.9 Å². The maximum atomic E-state index is 11.3. The van der Waals surface area contributed by atoms with Gasteiger partial charge >= 0.3 is 0 Å². The van der Waals surface area contributed by atoms with E-state index in [2.05, 4.69) is 54.4 Å². The van der Waals surface area contributed by atoms with Crippen LogP contribution in [0.25, 0.3) is 16.3 Å². The molecule has 2 aromatic rings. The number of hydrogen-bond acceptors (Lipinski definition) is 6. The monoisotopic (exact) mass is 497 g/mol. The zero-order valence-corrected chi connectivity index (χ0v) is 21.8. The largest absolute Gasteiger partial charge is 0.388 e. The maximum Gasteiger partial charge on any atom is 0.105 e. The van der Waals surface area contributed by atoms with E-state index in [0.29, 0.717) is 12.8 Å². The lowest BCUT2D eigenvalue weighted by atomic mass is 9.49. The molecule has 2 bridgehead atoms. The fourth-order valence-corrected chi connectivity index (χ4v) is 9.01. The number of rotatable bonds is 2. The van der Waals surface area contributed by atoms with Crippen molar-refractivity contribution in [1.82, 2.24) is 9.88 Å². The van der Waals surface area contributed by atoms with Gasteiger partial charge in [-0.15, -0.1) is 0 Å². The predicted molar refractivity (Wildman–Crippen MR) is 141 cm³/mol. The van der Waals surface area contributed by atoms with Crippen molar-refractivity contribution in [2.45, 2.75) is 74.9 Å². The third-order valence-corrected chi connectivity index (χ3v) is 10.9. The Labute approximate surface area is 218 Å². The second kappa shape index (κ2) is 7.51. The Morgan fingerprint density at radius 3 is 2.76 bits per heavy atom. The number of aliphatic hydroxyl groups is 2. The summed E-state index contributed by atoms with van der Waals surface area (Å²) in [7, 11) is 3.89. The Morgan fingerprint density at radius 1 is 1.14 bits per heavy atom. The topological polar surface area (TPSA) is 89.6 Å². The van der Waals surface area contributed by atoms with Crippen LogP contribution in [0.3, 0.4) is 0 Å². The van der Waals surface area contributed by atoms with Crippen molar-refractivity contribution >= 4 is 16.3 Å². The molecule has 8 atom stereocenters. The van der Waals surface area contributed by atoms with E-state index in [-0.39, 0.29) is 17.4 Å². The number of fused-ring (bicyclic) bond motifs is 2. The summed E-state index contributed by atoms with van der Waals surface area (Å²) in [5.41, 5.74) is 1.15. The fraction of sp³-hybridized carbons (Fsp3) is 0.548. The SMILES string of the molecule is CN(C)C1CC23CCC4(O2)C2CC=C(c5cccc6ccncc56)C2(C)CCC4(C#N)C=C3C(O)C1O. The first-order valence-corrected chi connectivity index (χ1v) is 13.6. The fourth-order valence-electron chi connectivity index (χ4n) is 9.01. The summed E-state index contributed by atoms with van der Waals surface area (Å²) < 4.78 is 7.29. The molecule has 2 N–H and O–H groups in total. The van der Waals surface area contributed by atoms with Crippen LogP contribution in [0.4, 0.5) is 0 Å². The standard InChI is InChI=1S/C31H35N3O3/c1-28-10-11-29(18-32)15-23-26(35)27(36)24(34(2)3)16-30(23)12-13-31(29,37-30)25(28)8-7-22(28)20-6-4-5-19-9-14-33-17-21(19)20/h4-7,9,14-15,17,24-27,35-36H,8,10-13,16H2,1-3H3. The second-order valence-electron chi connectivity index (χ2n) is 12.6. The molecule has 0 amide bonds. The Balaban J connectivity index is 1.35. The minimum atomic E-state index is -1.02. The Hall–Kier alpha value is -2.56. The molecule has 37 heavy (non-hydrogen) atoms. The van der Waals surface area contributed by atoms with Crippen LogP contribution in [-0.4, -0.2) is 63.6 Å². The summed E-state index contributed by atoms with van der Waals surface area (Å²) in [6.07, 6.45) is 11.0. The summed E-state index contributed by atoms with van der Waals surface area (Å²) in [5.74, 6) is 0.161. The maximum absolute atomic E-state index is 11.3. The first-order valence-electron chi connectivity index (χ1n) is 13.6. The molecule has 1 saturated heterocycles. The quantitative estimate of drug-likeness (QED) is 0.604. The van der Waals surface area contributed by atoms with E-state index in [9.17, 15) is 15.5 Å². The molecule has 8 unspecified atom stereocenters. The van der Waals surface area contributed by atoms with Gasteiger partial charge in [-0.1, -0.05) is 37.3 Å². The number of nitrogens with zero attached hydrogens (tertiary/aromatic N) is 3. The van der Waals surface area contributed by atoms with Gasteiger partial charge < -0.3 is 19.8 Å². The predicted octanol–water partition coefficient (Wildman–Crippen LogP) is 4.23. The molecule has 1 aromatic heterocycles. The van der Waals surface area contributed by atoms with Crippen LogP contribution in [0.5, 0.6) is 0 Å². The lowest BCUT2D eigenvalue weighted by molar-refractivity contribution is -0.223. The van der Waals surface area contributed by atoms with E-state index >= 15 is 0 Å². The van der Waals surface area contributed by atoms with Gasteiger partial charge in [-0.25, -0.2) is 0 Å². The molecule has 7 rings (SSSR count). The van der Waals surface area contributed by atoms with E-state index in [0.717, 1.165) is 31.3 Å². The highest BCUT2D eigenvalue weighted by molar-refractivity contribution is 5.95. The highest BCUT2D eigenvalue weighted by Gasteiger charge is 2.74.